The molecular weight excluding hydrogens is 412 g/mol. The third-order valence-corrected chi connectivity index (χ3v) is 7.18. The lowest BCUT2D eigenvalue weighted by atomic mass is 10.3. The van der Waals surface area contributed by atoms with Gasteiger partial charge in [0.2, 0.25) is 10.0 Å². The predicted molar refractivity (Wildman–Crippen MR) is 110 cm³/mol. The van der Waals surface area contributed by atoms with E-state index < -0.39 is 15.9 Å². The van der Waals surface area contributed by atoms with Gasteiger partial charge in [0, 0.05) is 37.8 Å². The number of aromatic nitrogens is 3. The van der Waals surface area contributed by atoms with Gasteiger partial charge in [0.05, 0.1) is 17.3 Å². The van der Waals surface area contributed by atoms with Gasteiger partial charge in [-0.15, -0.1) is 0 Å². The number of nitrogens with zero attached hydrogens (tertiary/aromatic N) is 5. The van der Waals surface area contributed by atoms with Gasteiger partial charge in [-0.1, -0.05) is 6.07 Å². The molecule has 0 bridgehead atoms. The van der Waals surface area contributed by atoms with Crippen LogP contribution < -0.4 is 10.2 Å². The van der Waals surface area contributed by atoms with Gasteiger partial charge in [-0.25, -0.2) is 18.4 Å². The lowest BCUT2D eigenvalue weighted by Crippen LogP contribution is -2.49. The minimum atomic E-state index is -3.47. The van der Waals surface area contributed by atoms with E-state index in [4.69, 9.17) is 0 Å². The quantitative estimate of drug-likeness (QED) is 0.656. The lowest BCUT2D eigenvalue weighted by Gasteiger charge is -2.34. The van der Waals surface area contributed by atoms with Crippen molar-refractivity contribution in [2.75, 3.05) is 36.4 Å². The number of amides is 1. The van der Waals surface area contributed by atoms with E-state index in [-0.39, 0.29) is 5.69 Å². The molecule has 1 fully saturated rings. The molecule has 0 saturated carbocycles. The number of anilines is 2. The molecule has 4 heterocycles. The summed E-state index contributed by atoms with van der Waals surface area (Å²) in [7, 11) is -3.47. The number of carbonyl (C=O) groups excluding carboxylic acids is 1. The summed E-state index contributed by atoms with van der Waals surface area (Å²) in [5.41, 5.74) is 0.168. The third kappa shape index (κ3) is 4.26. The van der Waals surface area contributed by atoms with Gasteiger partial charge in [0.1, 0.15) is 17.3 Å². The van der Waals surface area contributed by atoms with Gasteiger partial charge in [-0.05, 0) is 23.6 Å². The van der Waals surface area contributed by atoms with Crippen molar-refractivity contribution in [1.82, 2.24) is 19.3 Å². The highest BCUT2D eigenvalue weighted by Crippen LogP contribution is 2.21. The minimum absolute atomic E-state index is 0.168. The molecule has 11 heteroatoms. The number of thiophene rings is 1. The van der Waals surface area contributed by atoms with E-state index in [2.05, 4.69) is 20.3 Å². The van der Waals surface area contributed by atoms with Crippen LogP contribution in [0.3, 0.4) is 0 Å². The normalized spacial score (nSPS) is 15.2. The van der Waals surface area contributed by atoms with Crippen LogP contribution in [0.1, 0.15) is 10.5 Å². The van der Waals surface area contributed by atoms with E-state index in [0.717, 1.165) is 0 Å². The van der Waals surface area contributed by atoms with Gasteiger partial charge in [-0.3, -0.25) is 9.78 Å². The molecule has 3 aromatic rings. The molecule has 0 atom stereocenters. The second kappa shape index (κ2) is 8.23. The molecule has 0 spiro atoms. The van der Waals surface area contributed by atoms with Crippen LogP contribution in [0.25, 0.3) is 0 Å². The first kappa shape index (κ1) is 19.4. The minimum Gasteiger partial charge on any atom is -0.353 e. The number of sulfonamides is 1. The zero-order valence-electron chi connectivity index (χ0n) is 15.3. The fourth-order valence-corrected chi connectivity index (χ4v) is 5.38. The topological polar surface area (TPSA) is 108 Å². The molecule has 29 heavy (non-hydrogen) atoms. The summed E-state index contributed by atoms with van der Waals surface area (Å²) < 4.78 is 26.7. The molecule has 1 aliphatic rings. The largest absolute Gasteiger partial charge is 0.353 e. The summed E-state index contributed by atoms with van der Waals surface area (Å²) >= 11 is 1.36. The zero-order valence-corrected chi connectivity index (χ0v) is 16.9. The number of hydrogen-bond donors (Lipinski definition) is 1. The van der Waals surface area contributed by atoms with E-state index in [1.807, 2.05) is 4.90 Å². The van der Waals surface area contributed by atoms with E-state index in [1.54, 1.807) is 47.4 Å². The van der Waals surface area contributed by atoms with Crippen molar-refractivity contribution in [2.45, 2.75) is 4.90 Å². The molecule has 0 aliphatic carbocycles. The second-order valence-corrected chi connectivity index (χ2v) is 9.00. The standard InChI is InChI=1S/C18H18N6O3S2/c25-18(22-16-3-1-2-5-20-16)15-11-19-12-17(21-15)23-6-8-24(9-7-23)29(26,27)14-4-10-28-13-14/h1-5,10-13H,6-9H2,(H,20,22,25). The van der Waals surface area contributed by atoms with Crippen molar-refractivity contribution >= 4 is 38.9 Å². The molecule has 0 radical (unpaired) electrons. The average molecular weight is 431 g/mol. The molecule has 1 saturated heterocycles. The van der Waals surface area contributed by atoms with Crippen LogP contribution in [0.15, 0.2) is 58.5 Å². The average Bonchev–Trinajstić information content (AvgIpc) is 3.31. The Balaban J connectivity index is 1.43. The predicted octanol–water partition coefficient (Wildman–Crippen LogP) is 1.70. The van der Waals surface area contributed by atoms with Crippen molar-refractivity contribution < 1.29 is 13.2 Å². The summed E-state index contributed by atoms with van der Waals surface area (Å²) in [6.07, 6.45) is 4.54. The van der Waals surface area contributed by atoms with E-state index >= 15 is 0 Å². The SMILES string of the molecule is O=C(Nc1ccccn1)c1cncc(N2CCN(S(=O)(=O)c3ccsc3)CC2)n1. The van der Waals surface area contributed by atoms with Gasteiger partial charge in [0.15, 0.2) is 0 Å². The molecule has 9 nitrogen and oxygen atoms in total. The van der Waals surface area contributed by atoms with Crippen molar-refractivity contribution in [3.05, 3.63) is 59.3 Å². The third-order valence-electron chi connectivity index (χ3n) is 4.46. The Morgan fingerprint density at radius 3 is 2.62 bits per heavy atom. The number of nitrogens with one attached hydrogen (secondary N) is 1. The molecule has 150 valence electrons. The van der Waals surface area contributed by atoms with E-state index in [9.17, 15) is 13.2 Å². The van der Waals surface area contributed by atoms with Crippen LogP contribution in [0.4, 0.5) is 11.6 Å². The summed E-state index contributed by atoms with van der Waals surface area (Å²) in [4.78, 5) is 27.2. The Bertz CT molecular complexity index is 1080. The van der Waals surface area contributed by atoms with Gasteiger partial charge >= 0.3 is 0 Å². The van der Waals surface area contributed by atoms with Crippen LogP contribution in [-0.4, -0.2) is 59.8 Å². The Morgan fingerprint density at radius 1 is 1.10 bits per heavy atom. The summed E-state index contributed by atoms with van der Waals surface area (Å²) in [6, 6.07) is 6.83. The first-order valence-corrected chi connectivity index (χ1v) is 11.2. The molecule has 1 amide bonds. The van der Waals surface area contributed by atoms with Gasteiger partial charge in [-0.2, -0.15) is 15.6 Å². The molecular formula is C18H18N6O3S2. The first-order chi connectivity index (χ1) is 14.0. The summed E-state index contributed by atoms with van der Waals surface area (Å²) in [5.74, 6) is 0.555. The number of hydrogen-bond acceptors (Lipinski definition) is 8. The lowest BCUT2D eigenvalue weighted by molar-refractivity contribution is 0.102. The smallest absolute Gasteiger partial charge is 0.277 e. The fraction of sp³-hybridized carbons (Fsp3) is 0.222. The van der Waals surface area contributed by atoms with Crippen molar-refractivity contribution in [1.29, 1.82) is 0 Å². The van der Waals surface area contributed by atoms with Gasteiger partial charge in [0.25, 0.3) is 5.91 Å². The maximum absolute atomic E-state index is 12.6. The molecule has 3 aromatic heterocycles. The van der Waals surface area contributed by atoms with Crippen LogP contribution in [0.2, 0.25) is 0 Å². The fourth-order valence-electron chi connectivity index (χ4n) is 2.94. The van der Waals surface area contributed by atoms with Crippen molar-refractivity contribution in [3.8, 4) is 0 Å². The molecule has 0 aromatic carbocycles. The Labute approximate surface area is 172 Å². The van der Waals surface area contributed by atoms with Gasteiger partial charge < -0.3 is 10.2 Å². The number of rotatable bonds is 5. The Kier molecular flexibility index (Phi) is 5.51. The highest BCUT2D eigenvalue weighted by molar-refractivity contribution is 7.89. The molecule has 0 unspecified atom stereocenters. The highest BCUT2D eigenvalue weighted by Gasteiger charge is 2.29. The summed E-state index contributed by atoms with van der Waals surface area (Å²) in [6.45, 7) is 1.60. The maximum Gasteiger partial charge on any atom is 0.277 e. The number of pyridine rings is 1. The molecule has 4 rings (SSSR count). The van der Waals surface area contributed by atoms with Crippen molar-refractivity contribution in [3.63, 3.8) is 0 Å². The second-order valence-electron chi connectivity index (χ2n) is 6.28. The number of piperazine rings is 1. The van der Waals surface area contributed by atoms with E-state index in [1.165, 1.54) is 21.8 Å². The highest BCUT2D eigenvalue weighted by atomic mass is 32.2. The number of carbonyl (C=O) groups is 1. The molecule has 1 N–H and O–H groups in total. The zero-order chi connectivity index (χ0) is 20.3. The van der Waals surface area contributed by atoms with Crippen molar-refractivity contribution in [2.24, 2.45) is 0 Å². The summed E-state index contributed by atoms with van der Waals surface area (Å²) in [5, 5.41) is 6.06. The molecule has 1 aliphatic heterocycles. The monoisotopic (exact) mass is 430 g/mol. The Hall–Kier alpha value is -2.89. The maximum atomic E-state index is 12.6. The van der Waals surface area contributed by atoms with Crippen LogP contribution in [0.5, 0.6) is 0 Å². The van der Waals surface area contributed by atoms with Crippen LogP contribution >= 0.6 is 11.3 Å². The first-order valence-electron chi connectivity index (χ1n) is 8.86. The van der Waals surface area contributed by atoms with Crippen LogP contribution in [0, 0.1) is 0 Å². The van der Waals surface area contributed by atoms with E-state index in [0.29, 0.717) is 42.7 Å². The van der Waals surface area contributed by atoms with Crippen LogP contribution in [-0.2, 0) is 10.0 Å². The Morgan fingerprint density at radius 2 is 1.93 bits per heavy atom.